The van der Waals surface area contributed by atoms with Gasteiger partial charge < -0.3 is 15.0 Å². The van der Waals surface area contributed by atoms with Gasteiger partial charge in [0.15, 0.2) is 0 Å². The Morgan fingerprint density at radius 1 is 1.20 bits per heavy atom. The van der Waals surface area contributed by atoms with Crippen LogP contribution in [0, 0.1) is 0 Å². The highest BCUT2D eigenvalue weighted by Gasteiger charge is 2.27. The summed E-state index contributed by atoms with van der Waals surface area (Å²) in [4.78, 5) is 2.23. The van der Waals surface area contributed by atoms with Crippen LogP contribution in [0.4, 0.5) is 13.2 Å². The molecule has 1 heterocycles. The summed E-state index contributed by atoms with van der Waals surface area (Å²) in [5.41, 5.74) is 0. The molecule has 0 atom stereocenters. The molecule has 0 radical (unpaired) electrons. The van der Waals surface area contributed by atoms with Crippen LogP contribution in [-0.2, 0) is 4.74 Å². The van der Waals surface area contributed by atoms with Crippen LogP contribution in [0.15, 0.2) is 0 Å². The van der Waals surface area contributed by atoms with Crippen molar-refractivity contribution in [2.75, 3.05) is 45.9 Å². The maximum atomic E-state index is 11.7. The van der Waals surface area contributed by atoms with Crippen molar-refractivity contribution in [3.63, 3.8) is 0 Å². The number of alkyl halides is 3. The predicted molar refractivity (Wildman–Crippen MR) is 50.8 cm³/mol. The Morgan fingerprint density at radius 3 is 2.47 bits per heavy atom. The molecule has 1 N–H and O–H groups in total. The van der Waals surface area contributed by atoms with Crippen LogP contribution in [0.5, 0.6) is 0 Å². The Kier molecular flexibility index (Phi) is 5.35. The molecule has 3 nitrogen and oxygen atoms in total. The highest BCUT2D eigenvalue weighted by atomic mass is 19.4. The monoisotopic (exact) mass is 226 g/mol. The first-order valence-electron chi connectivity index (χ1n) is 5.15. The minimum Gasteiger partial charge on any atom is -0.372 e. The van der Waals surface area contributed by atoms with Gasteiger partial charge in [0.05, 0.1) is 0 Å². The third kappa shape index (κ3) is 6.70. The van der Waals surface area contributed by atoms with E-state index >= 15 is 0 Å². The second kappa shape index (κ2) is 6.30. The summed E-state index contributed by atoms with van der Waals surface area (Å²) in [6.45, 7) is 3.74. The molecule has 15 heavy (non-hydrogen) atoms. The molecule has 1 fully saturated rings. The van der Waals surface area contributed by atoms with Gasteiger partial charge in [-0.05, 0) is 6.42 Å². The summed E-state index contributed by atoms with van der Waals surface area (Å²) in [7, 11) is 0. The van der Waals surface area contributed by atoms with Gasteiger partial charge in [-0.1, -0.05) is 0 Å². The van der Waals surface area contributed by atoms with Crippen LogP contribution in [-0.4, -0.2) is 57.0 Å². The van der Waals surface area contributed by atoms with E-state index in [2.05, 4.69) is 15.0 Å². The zero-order chi connectivity index (χ0) is 11.1. The average molecular weight is 226 g/mol. The van der Waals surface area contributed by atoms with Gasteiger partial charge in [-0.3, -0.25) is 0 Å². The minimum atomic E-state index is -4.20. The third-order valence-corrected chi connectivity index (χ3v) is 2.24. The lowest BCUT2D eigenvalue weighted by Crippen LogP contribution is -2.43. The molecule has 90 valence electrons. The van der Waals surface area contributed by atoms with Crippen LogP contribution < -0.4 is 5.32 Å². The fourth-order valence-corrected chi connectivity index (χ4v) is 1.51. The molecule has 0 aromatic carbocycles. The first kappa shape index (κ1) is 12.7. The summed E-state index contributed by atoms with van der Waals surface area (Å²) in [6.07, 6.45) is -3.54. The standard InChI is InChI=1S/C9H17F3N2O/c10-9(11,12)8-15-7-1-4-14-5-2-13-3-6-14/h13H,1-8H2. The van der Waals surface area contributed by atoms with Crippen LogP contribution in [0.2, 0.25) is 0 Å². The molecule has 0 aromatic heterocycles. The average Bonchev–Trinajstić information content (AvgIpc) is 2.17. The lowest BCUT2D eigenvalue weighted by atomic mass is 10.3. The molecule has 0 aromatic rings. The predicted octanol–water partition coefficient (Wildman–Crippen LogP) is 0.861. The van der Waals surface area contributed by atoms with Crippen LogP contribution in [0.1, 0.15) is 6.42 Å². The first-order valence-corrected chi connectivity index (χ1v) is 5.15. The van der Waals surface area contributed by atoms with Crippen molar-refractivity contribution in [2.24, 2.45) is 0 Å². The van der Waals surface area contributed by atoms with Gasteiger partial charge in [0, 0.05) is 39.3 Å². The maximum absolute atomic E-state index is 11.7. The Balaban J connectivity index is 1.92. The SMILES string of the molecule is FC(F)(F)COCCCN1CCNCC1. The molecular weight excluding hydrogens is 209 g/mol. The van der Waals surface area contributed by atoms with Gasteiger partial charge in [-0.2, -0.15) is 13.2 Å². The summed E-state index contributed by atoms with van der Waals surface area (Å²) in [6, 6.07) is 0. The Hall–Kier alpha value is -0.330. The highest BCUT2D eigenvalue weighted by Crippen LogP contribution is 2.14. The second-order valence-electron chi connectivity index (χ2n) is 3.61. The fraction of sp³-hybridized carbons (Fsp3) is 1.00. The summed E-state index contributed by atoms with van der Waals surface area (Å²) in [5.74, 6) is 0. The molecule has 1 aliphatic rings. The molecule has 1 rings (SSSR count). The lowest BCUT2D eigenvalue weighted by molar-refractivity contribution is -0.174. The minimum absolute atomic E-state index is 0.184. The number of ether oxygens (including phenoxy) is 1. The molecule has 0 bridgehead atoms. The van der Waals surface area contributed by atoms with Crippen molar-refractivity contribution in [1.29, 1.82) is 0 Å². The lowest BCUT2D eigenvalue weighted by Gasteiger charge is -2.26. The van der Waals surface area contributed by atoms with Gasteiger partial charge in [-0.15, -0.1) is 0 Å². The normalized spacial score (nSPS) is 19.4. The van der Waals surface area contributed by atoms with Crippen molar-refractivity contribution in [3.05, 3.63) is 0 Å². The molecular formula is C9H17F3N2O. The van der Waals surface area contributed by atoms with E-state index in [1.54, 1.807) is 0 Å². The molecule has 6 heteroatoms. The van der Waals surface area contributed by atoms with Crippen LogP contribution >= 0.6 is 0 Å². The van der Waals surface area contributed by atoms with E-state index in [1.165, 1.54) is 0 Å². The van der Waals surface area contributed by atoms with E-state index in [4.69, 9.17) is 0 Å². The molecule has 0 spiro atoms. The quantitative estimate of drug-likeness (QED) is 0.704. The molecule has 0 aliphatic carbocycles. The van der Waals surface area contributed by atoms with Gasteiger partial charge >= 0.3 is 6.18 Å². The van der Waals surface area contributed by atoms with E-state index in [0.717, 1.165) is 32.7 Å². The van der Waals surface area contributed by atoms with Crippen molar-refractivity contribution < 1.29 is 17.9 Å². The maximum Gasteiger partial charge on any atom is 0.411 e. The van der Waals surface area contributed by atoms with Crippen molar-refractivity contribution in [2.45, 2.75) is 12.6 Å². The summed E-state index contributed by atoms with van der Waals surface area (Å²) >= 11 is 0. The zero-order valence-electron chi connectivity index (χ0n) is 8.65. The Labute approximate surface area is 87.6 Å². The van der Waals surface area contributed by atoms with Gasteiger partial charge in [-0.25, -0.2) is 0 Å². The van der Waals surface area contributed by atoms with Crippen molar-refractivity contribution in [1.82, 2.24) is 10.2 Å². The van der Waals surface area contributed by atoms with E-state index in [0.29, 0.717) is 6.42 Å². The Morgan fingerprint density at radius 2 is 1.87 bits per heavy atom. The molecule has 0 saturated carbocycles. The van der Waals surface area contributed by atoms with E-state index in [1.807, 2.05) is 0 Å². The molecule has 0 amide bonds. The summed E-state index contributed by atoms with van der Waals surface area (Å²) < 4.78 is 39.6. The van der Waals surface area contributed by atoms with E-state index in [9.17, 15) is 13.2 Å². The number of piperazine rings is 1. The number of hydrogen-bond donors (Lipinski definition) is 1. The zero-order valence-corrected chi connectivity index (χ0v) is 8.65. The summed E-state index contributed by atoms with van der Waals surface area (Å²) in [5, 5.41) is 3.21. The fourth-order valence-electron chi connectivity index (χ4n) is 1.51. The second-order valence-corrected chi connectivity index (χ2v) is 3.61. The molecule has 1 saturated heterocycles. The largest absolute Gasteiger partial charge is 0.411 e. The number of rotatable bonds is 5. The van der Waals surface area contributed by atoms with Crippen LogP contribution in [0.25, 0.3) is 0 Å². The molecule has 0 unspecified atom stereocenters. The third-order valence-electron chi connectivity index (χ3n) is 2.24. The first-order chi connectivity index (χ1) is 7.08. The molecule has 1 aliphatic heterocycles. The van der Waals surface area contributed by atoms with E-state index < -0.39 is 12.8 Å². The van der Waals surface area contributed by atoms with Gasteiger partial charge in [0.1, 0.15) is 6.61 Å². The smallest absolute Gasteiger partial charge is 0.372 e. The van der Waals surface area contributed by atoms with Gasteiger partial charge in [0.2, 0.25) is 0 Å². The van der Waals surface area contributed by atoms with Crippen molar-refractivity contribution in [3.8, 4) is 0 Å². The topological polar surface area (TPSA) is 24.5 Å². The van der Waals surface area contributed by atoms with E-state index in [-0.39, 0.29) is 6.61 Å². The number of hydrogen-bond acceptors (Lipinski definition) is 3. The number of nitrogens with zero attached hydrogens (tertiary/aromatic N) is 1. The number of nitrogens with one attached hydrogen (secondary N) is 1. The number of halogens is 3. The van der Waals surface area contributed by atoms with Crippen molar-refractivity contribution >= 4 is 0 Å². The van der Waals surface area contributed by atoms with Crippen LogP contribution in [0.3, 0.4) is 0 Å². The Bertz CT molecular complexity index is 169. The van der Waals surface area contributed by atoms with Gasteiger partial charge in [0.25, 0.3) is 0 Å². The highest BCUT2D eigenvalue weighted by molar-refractivity contribution is 4.66.